The number of ether oxygens (including phenoxy) is 1. The van der Waals surface area contributed by atoms with Crippen molar-refractivity contribution in [2.45, 2.75) is 32.2 Å². The second-order valence-corrected chi connectivity index (χ2v) is 6.63. The first-order valence-electron chi connectivity index (χ1n) is 9.01. The van der Waals surface area contributed by atoms with Gasteiger partial charge in [-0.05, 0) is 61.6 Å². The number of benzene rings is 1. The summed E-state index contributed by atoms with van der Waals surface area (Å²) in [4.78, 5) is 29.9. The zero-order valence-electron chi connectivity index (χ0n) is 15.6. The Bertz CT molecular complexity index is 810. The third-order valence-electron chi connectivity index (χ3n) is 4.49. The van der Waals surface area contributed by atoms with Gasteiger partial charge in [0.15, 0.2) is 0 Å². The van der Waals surface area contributed by atoms with E-state index < -0.39 is 0 Å². The normalized spacial score (nSPS) is 14.1. The first kappa shape index (κ1) is 18.7. The van der Waals surface area contributed by atoms with Crippen LogP contribution >= 0.6 is 0 Å². The molecule has 3 rings (SSSR count). The Balaban J connectivity index is 1.60. The van der Waals surface area contributed by atoms with Crippen molar-refractivity contribution in [3.8, 4) is 0 Å². The minimum absolute atomic E-state index is 0.0263. The van der Waals surface area contributed by atoms with Crippen LogP contribution in [0.3, 0.4) is 0 Å². The monoisotopic (exact) mass is 368 g/mol. The minimum atomic E-state index is -0.362. The molecule has 0 fully saturated rings. The zero-order valence-corrected chi connectivity index (χ0v) is 15.6. The second-order valence-electron chi connectivity index (χ2n) is 6.63. The lowest BCUT2D eigenvalue weighted by Gasteiger charge is -2.28. The summed E-state index contributed by atoms with van der Waals surface area (Å²) >= 11 is 0. The molecule has 3 amide bonds. The molecule has 1 aromatic heterocycles. The third-order valence-corrected chi connectivity index (χ3v) is 4.49. The molecule has 0 saturated carbocycles. The van der Waals surface area contributed by atoms with E-state index in [9.17, 15) is 9.59 Å². The van der Waals surface area contributed by atoms with Gasteiger partial charge in [-0.25, -0.2) is 9.59 Å². The van der Waals surface area contributed by atoms with Crippen LogP contribution in [0.15, 0.2) is 42.7 Å². The second kappa shape index (κ2) is 8.53. The van der Waals surface area contributed by atoms with E-state index in [1.807, 2.05) is 31.2 Å². The van der Waals surface area contributed by atoms with E-state index in [4.69, 9.17) is 4.74 Å². The number of carbonyl (C=O) groups excluding carboxylic acids is 2. The molecule has 1 atom stereocenters. The number of urea groups is 1. The van der Waals surface area contributed by atoms with Crippen LogP contribution in [0.5, 0.6) is 0 Å². The highest BCUT2D eigenvalue weighted by Gasteiger charge is 2.23. The lowest BCUT2D eigenvalue weighted by atomic mass is 10.0. The quantitative estimate of drug-likeness (QED) is 0.867. The van der Waals surface area contributed by atoms with Gasteiger partial charge in [-0.3, -0.25) is 9.88 Å². The van der Waals surface area contributed by atoms with E-state index >= 15 is 0 Å². The molecule has 7 nitrogen and oxygen atoms in total. The Morgan fingerprint density at radius 1 is 1.33 bits per heavy atom. The van der Waals surface area contributed by atoms with Crippen LogP contribution in [0.4, 0.5) is 21.0 Å². The van der Waals surface area contributed by atoms with Gasteiger partial charge in [0.05, 0.1) is 12.8 Å². The molecule has 1 aliphatic heterocycles. The van der Waals surface area contributed by atoms with Crippen LogP contribution in [-0.4, -0.2) is 36.8 Å². The summed E-state index contributed by atoms with van der Waals surface area (Å²) in [6.07, 6.45) is 5.59. The van der Waals surface area contributed by atoms with Gasteiger partial charge in [0, 0.05) is 30.7 Å². The van der Waals surface area contributed by atoms with Crippen molar-refractivity contribution in [3.63, 3.8) is 0 Å². The van der Waals surface area contributed by atoms with Crippen LogP contribution in [0.25, 0.3) is 0 Å². The number of nitrogens with one attached hydrogen (secondary N) is 2. The first-order chi connectivity index (χ1) is 13.1. The molecular weight excluding hydrogens is 344 g/mol. The summed E-state index contributed by atoms with van der Waals surface area (Å²) < 4.78 is 4.84. The van der Waals surface area contributed by atoms with Crippen molar-refractivity contribution >= 4 is 23.5 Å². The first-order valence-corrected chi connectivity index (χ1v) is 9.01. The van der Waals surface area contributed by atoms with Crippen molar-refractivity contribution < 1.29 is 14.3 Å². The van der Waals surface area contributed by atoms with Crippen LogP contribution in [0, 0.1) is 0 Å². The van der Waals surface area contributed by atoms with Gasteiger partial charge < -0.3 is 15.4 Å². The molecule has 1 unspecified atom stereocenters. The molecule has 0 aliphatic carbocycles. The molecular formula is C20H24N4O3. The standard InChI is InChI=1S/C20H24N4O3/c1-14(11-15-5-3-9-21-13-15)22-19(25)23-17-7-8-18-16(12-17)6-4-10-24(18)20(26)27-2/h3,5,7-9,12-14H,4,6,10-11H2,1-2H3,(H2,22,23,25). The third kappa shape index (κ3) is 4.75. The van der Waals surface area contributed by atoms with Gasteiger partial charge in [-0.2, -0.15) is 0 Å². The SMILES string of the molecule is COC(=O)N1CCCc2cc(NC(=O)NC(C)Cc3cccnc3)ccc21. The maximum Gasteiger partial charge on any atom is 0.414 e. The lowest BCUT2D eigenvalue weighted by molar-refractivity contribution is 0.178. The molecule has 2 aromatic rings. The smallest absolute Gasteiger partial charge is 0.414 e. The number of hydrogen-bond donors (Lipinski definition) is 2. The Morgan fingerprint density at radius 3 is 2.93 bits per heavy atom. The maximum absolute atomic E-state index is 12.3. The number of rotatable bonds is 4. The number of aryl methyl sites for hydroxylation is 1. The number of anilines is 2. The average Bonchev–Trinajstić information content (AvgIpc) is 2.67. The fourth-order valence-corrected chi connectivity index (χ4v) is 3.29. The van der Waals surface area contributed by atoms with Crippen LogP contribution in [0.2, 0.25) is 0 Å². The van der Waals surface area contributed by atoms with Gasteiger partial charge in [0.1, 0.15) is 0 Å². The van der Waals surface area contributed by atoms with Crippen LogP contribution in [-0.2, 0) is 17.6 Å². The molecule has 0 radical (unpaired) electrons. The highest BCUT2D eigenvalue weighted by atomic mass is 16.5. The molecule has 142 valence electrons. The number of hydrogen-bond acceptors (Lipinski definition) is 4. The van der Waals surface area contributed by atoms with Crippen LogP contribution < -0.4 is 15.5 Å². The Hall–Kier alpha value is -3.09. The number of pyridine rings is 1. The molecule has 0 saturated heterocycles. The topological polar surface area (TPSA) is 83.6 Å². The Kier molecular flexibility index (Phi) is 5.90. The van der Waals surface area contributed by atoms with Crippen molar-refractivity contribution in [1.29, 1.82) is 0 Å². The van der Waals surface area contributed by atoms with Gasteiger partial charge in [-0.15, -0.1) is 0 Å². The molecule has 1 aromatic carbocycles. The number of fused-ring (bicyclic) bond motifs is 1. The number of nitrogens with zero attached hydrogens (tertiary/aromatic N) is 2. The van der Waals surface area contributed by atoms with E-state index in [2.05, 4.69) is 15.6 Å². The van der Waals surface area contributed by atoms with E-state index in [1.54, 1.807) is 23.4 Å². The summed E-state index contributed by atoms with van der Waals surface area (Å²) in [6, 6.07) is 9.14. The summed E-state index contributed by atoms with van der Waals surface area (Å²) in [7, 11) is 1.38. The molecule has 27 heavy (non-hydrogen) atoms. The van der Waals surface area contributed by atoms with Crippen LogP contribution in [0.1, 0.15) is 24.5 Å². The summed E-state index contributed by atoms with van der Waals surface area (Å²) in [5.41, 5.74) is 3.63. The lowest BCUT2D eigenvalue weighted by Crippen LogP contribution is -2.37. The molecule has 1 aliphatic rings. The molecule has 0 spiro atoms. The van der Waals surface area contributed by atoms with Crippen molar-refractivity contribution in [3.05, 3.63) is 53.9 Å². The number of aromatic nitrogens is 1. The van der Waals surface area contributed by atoms with Gasteiger partial charge in [0.25, 0.3) is 0 Å². The summed E-state index contributed by atoms with van der Waals surface area (Å²) in [6.45, 7) is 2.59. The number of methoxy groups -OCH3 is 1. The molecule has 2 heterocycles. The summed E-state index contributed by atoms with van der Waals surface area (Å²) in [5.74, 6) is 0. The molecule has 0 bridgehead atoms. The van der Waals surface area contributed by atoms with Crippen molar-refractivity contribution in [2.75, 3.05) is 23.9 Å². The number of carbonyl (C=O) groups is 2. The van der Waals surface area contributed by atoms with E-state index in [0.717, 1.165) is 29.7 Å². The highest BCUT2D eigenvalue weighted by molar-refractivity contribution is 5.92. The predicted octanol–water partition coefficient (Wildman–Crippen LogP) is 3.35. The maximum atomic E-state index is 12.3. The molecule has 2 N–H and O–H groups in total. The highest BCUT2D eigenvalue weighted by Crippen LogP contribution is 2.30. The zero-order chi connectivity index (χ0) is 19.2. The predicted molar refractivity (Wildman–Crippen MR) is 104 cm³/mol. The van der Waals surface area contributed by atoms with Crippen molar-refractivity contribution in [1.82, 2.24) is 10.3 Å². The Morgan fingerprint density at radius 2 is 2.19 bits per heavy atom. The van der Waals surface area contributed by atoms with Crippen molar-refractivity contribution in [2.24, 2.45) is 0 Å². The number of amides is 3. The van der Waals surface area contributed by atoms with Gasteiger partial charge >= 0.3 is 12.1 Å². The fourth-order valence-electron chi connectivity index (χ4n) is 3.29. The van der Waals surface area contributed by atoms with E-state index in [-0.39, 0.29) is 18.2 Å². The van der Waals surface area contributed by atoms with Gasteiger partial charge in [0.2, 0.25) is 0 Å². The fraction of sp³-hybridized carbons (Fsp3) is 0.350. The van der Waals surface area contributed by atoms with E-state index in [1.165, 1.54) is 7.11 Å². The van der Waals surface area contributed by atoms with E-state index in [0.29, 0.717) is 18.7 Å². The minimum Gasteiger partial charge on any atom is -0.452 e. The molecule has 7 heteroatoms. The average molecular weight is 368 g/mol. The summed E-state index contributed by atoms with van der Waals surface area (Å²) in [5, 5.41) is 5.80. The largest absolute Gasteiger partial charge is 0.452 e. The Labute approximate surface area is 158 Å². The van der Waals surface area contributed by atoms with Gasteiger partial charge in [-0.1, -0.05) is 6.07 Å².